The normalized spacial score (nSPS) is 20.3. The van der Waals surface area contributed by atoms with Gasteiger partial charge >= 0.3 is 0 Å². The summed E-state index contributed by atoms with van der Waals surface area (Å²) in [6.45, 7) is 5.98. The van der Waals surface area contributed by atoms with Gasteiger partial charge in [0.25, 0.3) is 0 Å². The molecule has 1 aliphatic heterocycles. The third-order valence-electron chi connectivity index (χ3n) is 3.03. The van der Waals surface area contributed by atoms with E-state index < -0.39 is 0 Å². The second-order valence-corrected chi connectivity index (χ2v) is 4.39. The minimum atomic E-state index is 0. The SMILES string of the molecule is C/C=C/CCNC(=NC)N1CCC(COC)C1.I. The van der Waals surface area contributed by atoms with Crippen LogP contribution < -0.4 is 5.32 Å². The second kappa shape index (κ2) is 10.6. The van der Waals surface area contributed by atoms with E-state index in [1.165, 1.54) is 6.42 Å². The molecule has 0 spiro atoms. The number of guanidine groups is 1. The fourth-order valence-electron chi connectivity index (χ4n) is 2.16. The van der Waals surface area contributed by atoms with Crippen molar-refractivity contribution in [3.63, 3.8) is 0 Å². The lowest BCUT2D eigenvalue weighted by Crippen LogP contribution is -2.40. The molecule has 0 saturated carbocycles. The van der Waals surface area contributed by atoms with Crippen LogP contribution >= 0.6 is 24.0 Å². The van der Waals surface area contributed by atoms with Crippen LogP contribution in [0.25, 0.3) is 0 Å². The molecule has 1 heterocycles. The number of likely N-dealkylation sites (tertiary alicyclic amines) is 1. The molecule has 0 aromatic heterocycles. The van der Waals surface area contributed by atoms with Crippen LogP contribution in [-0.2, 0) is 4.74 Å². The number of aliphatic imine (C=N–C) groups is 1. The Morgan fingerprint density at radius 1 is 1.56 bits per heavy atom. The maximum atomic E-state index is 5.20. The Morgan fingerprint density at radius 3 is 2.94 bits per heavy atom. The highest BCUT2D eigenvalue weighted by molar-refractivity contribution is 14.0. The molecule has 0 bridgehead atoms. The number of allylic oxidation sites excluding steroid dienone is 1. The summed E-state index contributed by atoms with van der Waals surface area (Å²) in [4.78, 5) is 6.65. The number of halogens is 1. The van der Waals surface area contributed by atoms with Gasteiger partial charge in [-0.05, 0) is 19.8 Å². The average Bonchev–Trinajstić information content (AvgIpc) is 2.78. The maximum absolute atomic E-state index is 5.20. The largest absolute Gasteiger partial charge is 0.384 e. The van der Waals surface area contributed by atoms with Gasteiger partial charge in [0.2, 0.25) is 0 Å². The Hall–Kier alpha value is -0.300. The van der Waals surface area contributed by atoms with Crippen molar-refractivity contribution >= 4 is 29.9 Å². The van der Waals surface area contributed by atoms with Crippen molar-refractivity contribution in [2.45, 2.75) is 19.8 Å². The Balaban J connectivity index is 0.00000289. The van der Waals surface area contributed by atoms with Gasteiger partial charge in [-0.15, -0.1) is 24.0 Å². The van der Waals surface area contributed by atoms with Gasteiger partial charge in [0.15, 0.2) is 5.96 Å². The zero-order valence-corrected chi connectivity index (χ0v) is 14.0. The van der Waals surface area contributed by atoms with Crippen LogP contribution in [0, 0.1) is 5.92 Å². The highest BCUT2D eigenvalue weighted by Crippen LogP contribution is 2.16. The van der Waals surface area contributed by atoms with E-state index in [1.807, 2.05) is 14.0 Å². The number of rotatable bonds is 5. The van der Waals surface area contributed by atoms with Crippen LogP contribution in [0.2, 0.25) is 0 Å². The van der Waals surface area contributed by atoms with Gasteiger partial charge in [-0.25, -0.2) is 0 Å². The third kappa shape index (κ3) is 6.04. The second-order valence-electron chi connectivity index (χ2n) is 4.39. The van der Waals surface area contributed by atoms with Crippen molar-refractivity contribution < 1.29 is 4.74 Å². The lowest BCUT2D eigenvalue weighted by molar-refractivity contribution is 0.157. The van der Waals surface area contributed by atoms with Crippen LogP contribution in [0.15, 0.2) is 17.1 Å². The molecule has 0 aromatic rings. The van der Waals surface area contributed by atoms with Crippen molar-refractivity contribution in [3.8, 4) is 0 Å². The molecule has 1 fully saturated rings. The molecule has 0 aromatic carbocycles. The third-order valence-corrected chi connectivity index (χ3v) is 3.03. The monoisotopic (exact) mass is 367 g/mol. The topological polar surface area (TPSA) is 36.9 Å². The first-order valence-corrected chi connectivity index (χ1v) is 6.37. The van der Waals surface area contributed by atoms with E-state index in [1.54, 1.807) is 7.11 Å². The Kier molecular flexibility index (Phi) is 10.4. The van der Waals surface area contributed by atoms with Gasteiger partial charge in [-0.2, -0.15) is 0 Å². The van der Waals surface area contributed by atoms with Gasteiger partial charge in [-0.3, -0.25) is 4.99 Å². The number of hydrogen-bond donors (Lipinski definition) is 1. The van der Waals surface area contributed by atoms with Crippen LogP contribution in [0.1, 0.15) is 19.8 Å². The first-order chi connectivity index (χ1) is 8.31. The quantitative estimate of drug-likeness (QED) is 0.266. The molecule has 0 aliphatic carbocycles. The Labute approximate surface area is 128 Å². The summed E-state index contributed by atoms with van der Waals surface area (Å²) in [5.41, 5.74) is 0. The first kappa shape index (κ1) is 17.7. The number of hydrogen-bond acceptors (Lipinski definition) is 2. The molecule has 4 nitrogen and oxygen atoms in total. The molecule has 5 heteroatoms. The fourth-order valence-corrected chi connectivity index (χ4v) is 2.16. The molecule has 106 valence electrons. The van der Waals surface area contributed by atoms with Crippen molar-refractivity contribution in [1.29, 1.82) is 0 Å². The standard InChI is InChI=1S/C13H25N3O.HI/c1-4-5-6-8-15-13(14-2)16-9-7-12(10-16)11-17-3;/h4-5,12H,6-11H2,1-3H3,(H,14,15);1H/b5-4+;. The summed E-state index contributed by atoms with van der Waals surface area (Å²) < 4.78 is 5.20. The predicted octanol–water partition coefficient (Wildman–Crippen LogP) is 2.11. The minimum Gasteiger partial charge on any atom is -0.384 e. The number of nitrogens with one attached hydrogen (secondary N) is 1. The van der Waals surface area contributed by atoms with Crippen LogP contribution in [0.3, 0.4) is 0 Å². The molecule has 0 amide bonds. The minimum absolute atomic E-state index is 0. The zero-order valence-electron chi connectivity index (χ0n) is 11.7. The molecule has 1 saturated heterocycles. The van der Waals surface area contributed by atoms with E-state index in [9.17, 15) is 0 Å². The molecule has 1 rings (SSSR count). The van der Waals surface area contributed by atoms with Crippen molar-refractivity contribution in [3.05, 3.63) is 12.2 Å². The molecule has 1 atom stereocenters. The van der Waals surface area contributed by atoms with E-state index in [0.29, 0.717) is 5.92 Å². The summed E-state index contributed by atoms with van der Waals surface area (Å²) in [5.74, 6) is 1.67. The van der Waals surface area contributed by atoms with Crippen molar-refractivity contribution in [2.24, 2.45) is 10.9 Å². The van der Waals surface area contributed by atoms with Gasteiger partial charge in [0.05, 0.1) is 6.61 Å². The zero-order chi connectivity index (χ0) is 12.5. The first-order valence-electron chi connectivity index (χ1n) is 6.37. The molecule has 1 N–H and O–H groups in total. The van der Waals surface area contributed by atoms with Gasteiger partial charge in [0.1, 0.15) is 0 Å². The Morgan fingerprint density at radius 2 is 2.33 bits per heavy atom. The molecule has 18 heavy (non-hydrogen) atoms. The fraction of sp³-hybridized carbons (Fsp3) is 0.769. The van der Waals surface area contributed by atoms with Gasteiger partial charge in [-0.1, -0.05) is 12.2 Å². The number of methoxy groups -OCH3 is 1. The van der Waals surface area contributed by atoms with Crippen molar-refractivity contribution in [2.75, 3.05) is 40.4 Å². The van der Waals surface area contributed by atoms with Crippen LogP contribution in [0.4, 0.5) is 0 Å². The Bertz CT molecular complexity index is 269. The van der Waals surface area contributed by atoms with E-state index in [0.717, 1.165) is 38.6 Å². The summed E-state index contributed by atoms with van der Waals surface area (Å²) >= 11 is 0. The summed E-state index contributed by atoms with van der Waals surface area (Å²) in [6.07, 6.45) is 6.49. The summed E-state index contributed by atoms with van der Waals surface area (Å²) in [7, 11) is 3.62. The van der Waals surface area contributed by atoms with E-state index in [2.05, 4.69) is 27.4 Å². The molecular formula is C13H26IN3O. The molecule has 0 radical (unpaired) electrons. The predicted molar refractivity (Wildman–Crippen MR) is 87.8 cm³/mol. The van der Waals surface area contributed by atoms with E-state index >= 15 is 0 Å². The lowest BCUT2D eigenvalue weighted by atomic mass is 10.1. The van der Waals surface area contributed by atoms with Crippen molar-refractivity contribution in [1.82, 2.24) is 10.2 Å². The maximum Gasteiger partial charge on any atom is 0.193 e. The summed E-state index contributed by atoms with van der Waals surface area (Å²) in [5, 5.41) is 3.39. The lowest BCUT2D eigenvalue weighted by Gasteiger charge is -2.21. The number of nitrogens with zero attached hydrogens (tertiary/aromatic N) is 2. The van der Waals surface area contributed by atoms with Crippen LogP contribution in [-0.4, -0.2) is 51.3 Å². The highest BCUT2D eigenvalue weighted by Gasteiger charge is 2.24. The smallest absolute Gasteiger partial charge is 0.193 e. The molecule has 1 unspecified atom stereocenters. The average molecular weight is 367 g/mol. The van der Waals surface area contributed by atoms with Gasteiger partial charge < -0.3 is 15.0 Å². The van der Waals surface area contributed by atoms with Crippen LogP contribution in [0.5, 0.6) is 0 Å². The summed E-state index contributed by atoms with van der Waals surface area (Å²) in [6, 6.07) is 0. The van der Waals surface area contributed by atoms with E-state index in [-0.39, 0.29) is 24.0 Å². The van der Waals surface area contributed by atoms with Gasteiger partial charge in [0, 0.05) is 39.7 Å². The van der Waals surface area contributed by atoms with E-state index in [4.69, 9.17) is 4.74 Å². The molecule has 1 aliphatic rings. The molecular weight excluding hydrogens is 341 g/mol. The number of ether oxygens (including phenoxy) is 1. The highest BCUT2D eigenvalue weighted by atomic mass is 127.